The predicted octanol–water partition coefficient (Wildman–Crippen LogP) is 2.49. The lowest BCUT2D eigenvalue weighted by atomic mass is 10.2. The summed E-state index contributed by atoms with van der Waals surface area (Å²) in [7, 11) is -6.02. The molecule has 176 valence electrons. The third kappa shape index (κ3) is 5.61. The summed E-state index contributed by atoms with van der Waals surface area (Å²) in [6, 6.07) is 9.57. The molecule has 1 aliphatic rings. The van der Waals surface area contributed by atoms with Crippen LogP contribution in [0.5, 0.6) is 5.75 Å². The molecule has 0 unspecified atom stereocenters. The minimum absolute atomic E-state index is 0.114. The van der Waals surface area contributed by atoms with Gasteiger partial charge in [0.05, 0.1) is 28.2 Å². The second kappa shape index (κ2) is 9.38. The molecule has 32 heavy (non-hydrogen) atoms. The molecule has 0 amide bonds. The van der Waals surface area contributed by atoms with Crippen molar-refractivity contribution in [3.8, 4) is 5.75 Å². The van der Waals surface area contributed by atoms with Crippen LogP contribution in [0.25, 0.3) is 0 Å². The van der Waals surface area contributed by atoms with E-state index in [-0.39, 0.29) is 35.2 Å². The van der Waals surface area contributed by atoms with Gasteiger partial charge in [-0.15, -0.1) is 0 Å². The maximum Gasteiger partial charge on any atom is 0.416 e. The van der Waals surface area contributed by atoms with Crippen LogP contribution in [0.4, 0.5) is 13.2 Å². The first-order chi connectivity index (χ1) is 14.9. The number of rotatable bonds is 7. The molecule has 12 heteroatoms. The Kier molecular flexibility index (Phi) is 7.18. The molecule has 1 fully saturated rings. The molecule has 3 rings (SSSR count). The quantitative estimate of drug-likeness (QED) is 0.591. The Hall–Kier alpha value is -2.15. The molecule has 0 atom stereocenters. The number of hydrogen-bond acceptors (Lipinski definition) is 6. The van der Waals surface area contributed by atoms with E-state index in [1.807, 2.05) is 4.90 Å². The fourth-order valence-corrected chi connectivity index (χ4v) is 6.06. The molecular weight excluding hydrogens is 469 g/mol. The highest BCUT2D eigenvalue weighted by Crippen LogP contribution is 2.30. The normalized spacial score (nSPS) is 16.8. The van der Waals surface area contributed by atoms with E-state index in [0.29, 0.717) is 18.8 Å². The van der Waals surface area contributed by atoms with Crippen LogP contribution < -0.4 is 4.74 Å². The summed E-state index contributed by atoms with van der Waals surface area (Å²) in [6.07, 6.45) is -4.54. The summed E-state index contributed by atoms with van der Waals surface area (Å²) in [5.74, 6) is 0.305. The summed E-state index contributed by atoms with van der Waals surface area (Å²) < 4.78 is 95.0. The van der Waals surface area contributed by atoms with Crippen molar-refractivity contribution >= 4 is 19.9 Å². The van der Waals surface area contributed by atoms with E-state index < -0.39 is 31.6 Å². The molecule has 1 aliphatic heterocycles. The van der Waals surface area contributed by atoms with Crippen molar-refractivity contribution in [1.29, 1.82) is 0 Å². The highest BCUT2D eigenvalue weighted by molar-refractivity contribution is 7.91. The molecule has 0 aliphatic carbocycles. The van der Waals surface area contributed by atoms with Crippen LogP contribution in [-0.4, -0.2) is 71.6 Å². The zero-order valence-corrected chi connectivity index (χ0v) is 18.9. The Balaban J connectivity index is 1.58. The van der Waals surface area contributed by atoms with Gasteiger partial charge >= 0.3 is 6.18 Å². The van der Waals surface area contributed by atoms with Crippen LogP contribution in [0.3, 0.4) is 0 Å². The van der Waals surface area contributed by atoms with Gasteiger partial charge in [-0.1, -0.05) is 6.07 Å². The molecule has 7 nitrogen and oxygen atoms in total. The van der Waals surface area contributed by atoms with E-state index in [1.54, 1.807) is 12.1 Å². The van der Waals surface area contributed by atoms with Crippen molar-refractivity contribution in [2.75, 3.05) is 45.6 Å². The zero-order valence-electron chi connectivity index (χ0n) is 17.2. The molecule has 0 spiro atoms. The van der Waals surface area contributed by atoms with Crippen LogP contribution >= 0.6 is 0 Å². The number of sulfonamides is 1. The Morgan fingerprint density at radius 2 is 1.53 bits per heavy atom. The Morgan fingerprint density at radius 3 is 2.09 bits per heavy atom. The number of nitrogens with zero attached hydrogens (tertiary/aromatic N) is 2. The Morgan fingerprint density at radius 1 is 0.906 bits per heavy atom. The van der Waals surface area contributed by atoms with Gasteiger partial charge in [-0.25, -0.2) is 16.8 Å². The zero-order chi connectivity index (χ0) is 23.6. The first kappa shape index (κ1) is 24.5. The van der Waals surface area contributed by atoms with Gasteiger partial charge in [0.1, 0.15) is 5.75 Å². The number of ether oxygens (including phenoxy) is 1. The van der Waals surface area contributed by atoms with E-state index in [4.69, 9.17) is 4.74 Å². The van der Waals surface area contributed by atoms with E-state index >= 15 is 0 Å². The lowest BCUT2D eigenvalue weighted by Crippen LogP contribution is -2.49. The van der Waals surface area contributed by atoms with E-state index in [2.05, 4.69) is 0 Å². The molecule has 0 aromatic heterocycles. The van der Waals surface area contributed by atoms with Crippen LogP contribution in [0.2, 0.25) is 0 Å². The van der Waals surface area contributed by atoms with E-state index in [0.717, 1.165) is 24.3 Å². The van der Waals surface area contributed by atoms with Gasteiger partial charge in [0.2, 0.25) is 10.0 Å². The Bertz CT molecular complexity index is 1140. The van der Waals surface area contributed by atoms with E-state index in [9.17, 15) is 30.0 Å². The molecule has 0 bridgehead atoms. The smallest absolute Gasteiger partial charge is 0.416 e. The lowest BCUT2D eigenvalue weighted by molar-refractivity contribution is -0.137. The minimum Gasteiger partial charge on any atom is -0.497 e. The van der Waals surface area contributed by atoms with Crippen molar-refractivity contribution in [3.63, 3.8) is 0 Å². The average Bonchev–Trinajstić information content (AvgIpc) is 2.77. The monoisotopic (exact) mass is 492 g/mol. The van der Waals surface area contributed by atoms with Gasteiger partial charge in [-0.3, -0.25) is 4.90 Å². The standard InChI is InChI=1S/C20H23F3N2O5S2/c1-30-17-3-2-4-19(15-17)31(26,27)14-13-24-9-11-25(12-10-24)32(28,29)18-7-5-16(6-8-18)20(21,22)23/h2-8,15H,9-14H2,1H3. The number of sulfone groups is 1. The van der Waals surface area contributed by atoms with Crippen LogP contribution in [-0.2, 0) is 26.0 Å². The average molecular weight is 493 g/mol. The number of halogens is 3. The summed E-state index contributed by atoms with van der Waals surface area (Å²) in [5, 5.41) is 0. The fourth-order valence-electron chi connectivity index (χ4n) is 3.32. The number of hydrogen-bond donors (Lipinski definition) is 0. The van der Waals surface area contributed by atoms with Gasteiger partial charge in [0.15, 0.2) is 9.84 Å². The van der Waals surface area contributed by atoms with Gasteiger partial charge < -0.3 is 4.74 Å². The van der Waals surface area contributed by atoms with Gasteiger partial charge in [-0.05, 0) is 42.5 Å². The molecule has 0 N–H and O–H groups in total. The van der Waals surface area contributed by atoms with Crippen molar-refractivity contribution in [3.05, 3.63) is 54.1 Å². The largest absolute Gasteiger partial charge is 0.497 e. The molecule has 2 aromatic rings. The molecular formula is C20H23F3N2O5S2. The number of methoxy groups -OCH3 is 1. The minimum atomic E-state index is -4.54. The van der Waals surface area contributed by atoms with Gasteiger partial charge in [-0.2, -0.15) is 17.5 Å². The van der Waals surface area contributed by atoms with Crippen molar-refractivity contribution in [1.82, 2.24) is 9.21 Å². The molecule has 1 saturated heterocycles. The van der Waals surface area contributed by atoms with Crippen LogP contribution in [0.1, 0.15) is 5.56 Å². The number of piperazine rings is 1. The molecule has 1 heterocycles. The third-order valence-electron chi connectivity index (χ3n) is 5.23. The van der Waals surface area contributed by atoms with Crippen LogP contribution in [0, 0.1) is 0 Å². The second-order valence-corrected chi connectivity index (χ2v) is 11.3. The van der Waals surface area contributed by atoms with Gasteiger partial charge in [0, 0.05) is 32.7 Å². The number of benzene rings is 2. The summed E-state index contributed by atoms with van der Waals surface area (Å²) in [5.41, 5.74) is -0.918. The predicted molar refractivity (Wildman–Crippen MR) is 112 cm³/mol. The summed E-state index contributed by atoms with van der Waals surface area (Å²) in [4.78, 5) is 1.79. The molecule has 0 radical (unpaired) electrons. The number of alkyl halides is 3. The first-order valence-electron chi connectivity index (χ1n) is 9.70. The highest BCUT2D eigenvalue weighted by Gasteiger charge is 2.32. The first-order valence-corrected chi connectivity index (χ1v) is 12.8. The topological polar surface area (TPSA) is 84.0 Å². The maximum atomic E-state index is 12.7. The fraction of sp³-hybridized carbons (Fsp3) is 0.400. The Labute approximate surface area is 185 Å². The summed E-state index contributed by atoms with van der Waals surface area (Å²) in [6.45, 7) is 1.08. The molecule has 0 saturated carbocycles. The van der Waals surface area contributed by atoms with Crippen molar-refractivity contribution < 1.29 is 34.7 Å². The second-order valence-electron chi connectivity index (χ2n) is 7.27. The van der Waals surface area contributed by atoms with E-state index in [1.165, 1.54) is 23.5 Å². The summed E-state index contributed by atoms with van der Waals surface area (Å²) >= 11 is 0. The highest BCUT2D eigenvalue weighted by atomic mass is 32.2. The van der Waals surface area contributed by atoms with Crippen molar-refractivity contribution in [2.45, 2.75) is 16.0 Å². The lowest BCUT2D eigenvalue weighted by Gasteiger charge is -2.33. The SMILES string of the molecule is COc1cccc(S(=O)(=O)CCN2CCN(S(=O)(=O)c3ccc(C(F)(F)F)cc3)CC2)c1. The maximum absolute atomic E-state index is 12.7. The molecule has 2 aromatic carbocycles. The van der Waals surface area contributed by atoms with Crippen molar-refractivity contribution in [2.24, 2.45) is 0 Å². The van der Waals surface area contributed by atoms with Gasteiger partial charge in [0.25, 0.3) is 0 Å². The third-order valence-corrected chi connectivity index (χ3v) is 8.83. The van der Waals surface area contributed by atoms with Crippen LogP contribution in [0.15, 0.2) is 58.3 Å².